The summed E-state index contributed by atoms with van der Waals surface area (Å²) in [6, 6.07) is 3.81. The van der Waals surface area contributed by atoms with Crippen molar-refractivity contribution < 1.29 is 17.6 Å². The number of rotatable bonds is 3. The first-order chi connectivity index (χ1) is 11.9. The highest BCUT2D eigenvalue weighted by molar-refractivity contribution is 7.89. The van der Waals surface area contributed by atoms with Crippen molar-refractivity contribution in [2.45, 2.75) is 56.4 Å². The van der Waals surface area contributed by atoms with Crippen LogP contribution in [0.2, 0.25) is 0 Å². The topological polar surface area (TPSA) is 57.7 Å². The molecule has 0 saturated carbocycles. The van der Waals surface area contributed by atoms with Crippen LogP contribution in [0, 0.1) is 5.82 Å². The van der Waals surface area contributed by atoms with Crippen molar-refractivity contribution in [3.8, 4) is 0 Å². The summed E-state index contributed by atoms with van der Waals surface area (Å²) < 4.78 is 41.2. The average molecular weight is 368 g/mol. The summed E-state index contributed by atoms with van der Waals surface area (Å²) in [5.41, 5.74) is 0.241. The van der Waals surface area contributed by atoms with Gasteiger partial charge in [0.15, 0.2) is 0 Å². The van der Waals surface area contributed by atoms with Crippen LogP contribution < -0.4 is 0 Å². The van der Waals surface area contributed by atoms with Crippen molar-refractivity contribution in [1.82, 2.24) is 9.21 Å². The van der Waals surface area contributed by atoms with E-state index in [2.05, 4.69) is 0 Å². The first-order valence-corrected chi connectivity index (χ1v) is 10.5. The molecule has 2 heterocycles. The van der Waals surface area contributed by atoms with Gasteiger partial charge in [-0.05, 0) is 57.2 Å². The van der Waals surface area contributed by atoms with Crippen LogP contribution >= 0.6 is 0 Å². The second-order valence-corrected chi connectivity index (χ2v) is 8.86. The van der Waals surface area contributed by atoms with Crippen LogP contribution in [0.15, 0.2) is 23.1 Å². The summed E-state index contributed by atoms with van der Waals surface area (Å²) in [5.74, 6) is -1.02. The van der Waals surface area contributed by atoms with Crippen molar-refractivity contribution in [2.75, 3.05) is 19.6 Å². The molecule has 0 aromatic heterocycles. The number of carbonyl (C=O) groups excluding carboxylic acids is 1. The summed E-state index contributed by atoms with van der Waals surface area (Å²) in [6.07, 6.45) is 5.51. The van der Waals surface area contributed by atoms with Crippen LogP contribution in [0.4, 0.5) is 4.39 Å². The van der Waals surface area contributed by atoms with Crippen LogP contribution in [-0.2, 0) is 10.0 Å². The molecule has 0 bridgehead atoms. The lowest BCUT2D eigenvalue weighted by molar-refractivity contribution is 0.0635. The minimum Gasteiger partial charge on any atom is -0.336 e. The molecule has 0 N–H and O–H groups in total. The Balaban J connectivity index is 1.91. The Kier molecular flexibility index (Phi) is 5.43. The van der Waals surface area contributed by atoms with E-state index in [-0.39, 0.29) is 22.4 Å². The molecule has 0 spiro atoms. The molecule has 1 aromatic carbocycles. The van der Waals surface area contributed by atoms with E-state index in [1.165, 1.54) is 16.4 Å². The number of halogens is 1. The van der Waals surface area contributed by atoms with E-state index in [1.807, 2.05) is 6.92 Å². The van der Waals surface area contributed by atoms with E-state index in [0.29, 0.717) is 19.6 Å². The third-order valence-corrected chi connectivity index (χ3v) is 7.09. The van der Waals surface area contributed by atoms with E-state index < -0.39 is 15.8 Å². The van der Waals surface area contributed by atoms with Crippen molar-refractivity contribution in [2.24, 2.45) is 0 Å². The highest BCUT2D eigenvalue weighted by Gasteiger charge is 2.31. The summed E-state index contributed by atoms with van der Waals surface area (Å²) >= 11 is 0. The molecule has 25 heavy (non-hydrogen) atoms. The number of hydrogen-bond donors (Lipinski definition) is 0. The molecule has 0 radical (unpaired) electrons. The predicted molar refractivity (Wildman–Crippen MR) is 93.4 cm³/mol. The summed E-state index contributed by atoms with van der Waals surface area (Å²) in [7, 11) is -3.91. The van der Waals surface area contributed by atoms with E-state index in [1.54, 1.807) is 4.90 Å². The maximum atomic E-state index is 14.3. The van der Waals surface area contributed by atoms with E-state index in [4.69, 9.17) is 0 Å². The van der Waals surface area contributed by atoms with Crippen LogP contribution in [0.25, 0.3) is 0 Å². The zero-order valence-corrected chi connectivity index (χ0v) is 15.4. The molecule has 138 valence electrons. The molecule has 2 aliphatic heterocycles. The number of sulfonamides is 1. The van der Waals surface area contributed by atoms with Gasteiger partial charge in [0.2, 0.25) is 10.0 Å². The van der Waals surface area contributed by atoms with Gasteiger partial charge >= 0.3 is 0 Å². The first kappa shape index (κ1) is 18.3. The number of carbonyl (C=O) groups is 1. The van der Waals surface area contributed by atoms with E-state index >= 15 is 0 Å². The van der Waals surface area contributed by atoms with Crippen LogP contribution in [0.1, 0.15) is 55.8 Å². The molecule has 2 fully saturated rings. The third-order valence-electron chi connectivity index (χ3n) is 5.17. The highest BCUT2D eigenvalue weighted by Crippen LogP contribution is 2.26. The summed E-state index contributed by atoms with van der Waals surface area (Å²) in [4.78, 5) is 14.1. The minimum absolute atomic E-state index is 0.119. The van der Waals surface area contributed by atoms with Gasteiger partial charge in [0.25, 0.3) is 5.91 Å². The molecule has 1 aromatic rings. The average Bonchev–Trinajstić information content (AvgIpc) is 2.62. The fourth-order valence-corrected chi connectivity index (χ4v) is 5.25. The fourth-order valence-electron chi connectivity index (χ4n) is 3.64. The predicted octanol–water partition coefficient (Wildman–Crippen LogP) is 3.01. The molecule has 2 saturated heterocycles. The molecule has 0 aliphatic carbocycles. The molecule has 7 heteroatoms. The quantitative estimate of drug-likeness (QED) is 0.824. The number of likely N-dealkylation sites (tertiary alicyclic amines) is 1. The van der Waals surface area contributed by atoms with Crippen molar-refractivity contribution in [3.05, 3.63) is 29.6 Å². The Morgan fingerprint density at radius 3 is 2.44 bits per heavy atom. The summed E-state index contributed by atoms with van der Waals surface area (Å²) in [5, 5.41) is 0. The largest absolute Gasteiger partial charge is 0.336 e. The van der Waals surface area contributed by atoms with Crippen molar-refractivity contribution in [3.63, 3.8) is 0 Å². The molecular weight excluding hydrogens is 343 g/mol. The number of nitrogens with zero attached hydrogens (tertiary/aromatic N) is 2. The van der Waals surface area contributed by atoms with Crippen LogP contribution in [0.5, 0.6) is 0 Å². The van der Waals surface area contributed by atoms with Crippen molar-refractivity contribution in [1.29, 1.82) is 0 Å². The van der Waals surface area contributed by atoms with Crippen LogP contribution in [-0.4, -0.2) is 49.2 Å². The fraction of sp³-hybridized carbons (Fsp3) is 0.611. The number of benzene rings is 1. The number of amides is 1. The number of piperidine rings is 2. The van der Waals surface area contributed by atoms with Gasteiger partial charge in [-0.15, -0.1) is 0 Å². The van der Waals surface area contributed by atoms with Gasteiger partial charge in [0.05, 0.1) is 0 Å². The van der Waals surface area contributed by atoms with Gasteiger partial charge < -0.3 is 4.90 Å². The lowest BCUT2D eigenvalue weighted by atomic mass is 10.0. The van der Waals surface area contributed by atoms with Gasteiger partial charge in [-0.1, -0.05) is 6.42 Å². The third kappa shape index (κ3) is 3.72. The zero-order chi connectivity index (χ0) is 18.0. The molecular formula is C18H25FN2O3S. The Morgan fingerprint density at radius 2 is 1.76 bits per heavy atom. The maximum Gasteiger partial charge on any atom is 0.254 e. The zero-order valence-electron chi connectivity index (χ0n) is 14.6. The molecule has 0 unspecified atom stereocenters. The minimum atomic E-state index is -3.91. The van der Waals surface area contributed by atoms with Crippen LogP contribution in [0.3, 0.4) is 0 Å². The first-order valence-electron chi connectivity index (χ1n) is 9.02. The monoisotopic (exact) mass is 368 g/mol. The number of hydrogen-bond acceptors (Lipinski definition) is 3. The molecule has 1 amide bonds. The molecule has 3 rings (SSSR count). The molecule has 2 aliphatic rings. The Bertz CT molecular complexity index is 745. The molecule has 1 atom stereocenters. The van der Waals surface area contributed by atoms with Gasteiger partial charge in [0, 0.05) is 31.2 Å². The maximum absolute atomic E-state index is 14.3. The van der Waals surface area contributed by atoms with Gasteiger partial charge in [-0.25, -0.2) is 12.8 Å². The van der Waals surface area contributed by atoms with Gasteiger partial charge in [-0.2, -0.15) is 4.31 Å². The van der Waals surface area contributed by atoms with Gasteiger partial charge in [0.1, 0.15) is 10.7 Å². The van der Waals surface area contributed by atoms with Crippen molar-refractivity contribution >= 4 is 15.9 Å². The van der Waals surface area contributed by atoms with Gasteiger partial charge in [-0.3, -0.25) is 4.79 Å². The standard InChI is InChI=1S/C18H25FN2O3S/c1-14-7-3-6-12-21(14)18(22)15-8-9-16(19)17(13-15)25(23,24)20-10-4-2-5-11-20/h8-9,13-14H,2-7,10-12H2,1H3/t14-/m0/s1. The Morgan fingerprint density at radius 1 is 1.08 bits per heavy atom. The summed E-state index contributed by atoms with van der Waals surface area (Å²) in [6.45, 7) is 3.46. The Labute approximate surface area is 148 Å². The smallest absolute Gasteiger partial charge is 0.254 e. The highest BCUT2D eigenvalue weighted by atomic mass is 32.2. The van der Waals surface area contributed by atoms with E-state index in [0.717, 1.165) is 44.6 Å². The second-order valence-electron chi connectivity index (χ2n) is 6.95. The Hall–Kier alpha value is -1.47. The molecule has 5 nitrogen and oxygen atoms in total. The SMILES string of the molecule is C[C@H]1CCCCN1C(=O)c1ccc(F)c(S(=O)(=O)N2CCCCC2)c1. The lowest BCUT2D eigenvalue weighted by Gasteiger charge is -2.33. The second kappa shape index (κ2) is 7.41. The van der Waals surface area contributed by atoms with E-state index in [9.17, 15) is 17.6 Å². The lowest BCUT2D eigenvalue weighted by Crippen LogP contribution is -2.42. The normalized spacial score (nSPS) is 22.8.